The van der Waals surface area contributed by atoms with Crippen LogP contribution in [0, 0.1) is 0 Å². The first kappa shape index (κ1) is 19.5. The quantitative estimate of drug-likeness (QED) is 0.840. The number of halogens is 1. The Morgan fingerprint density at radius 3 is 2.44 bits per heavy atom. The normalized spacial score (nSPS) is 17.8. The molecule has 2 heterocycles. The van der Waals surface area contributed by atoms with Crippen molar-refractivity contribution in [1.29, 1.82) is 0 Å². The minimum absolute atomic E-state index is 0. The van der Waals surface area contributed by atoms with Crippen LogP contribution in [-0.4, -0.2) is 55.6 Å². The molecule has 0 atom stereocenters. The molecule has 1 aromatic rings. The van der Waals surface area contributed by atoms with Crippen molar-refractivity contribution in [2.75, 3.05) is 37.6 Å². The van der Waals surface area contributed by atoms with Crippen LogP contribution in [-0.2, 0) is 0 Å². The lowest BCUT2D eigenvalue weighted by Crippen LogP contribution is -2.46. The van der Waals surface area contributed by atoms with Crippen molar-refractivity contribution in [3.05, 3.63) is 29.8 Å². The fraction of sp³-hybridized carbons (Fsp3) is 0.556. The van der Waals surface area contributed by atoms with E-state index in [1.165, 1.54) is 0 Å². The third-order valence-corrected chi connectivity index (χ3v) is 4.76. The Labute approximate surface area is 155 Å². The number of benzene rings is 1. The van der Waals surface area contributed by atoms with E-state index in [1.807, 2.05) is 29.2 Å². The molecule has 2 saturated heterocycles. The summed E-state index contributed by atoms with van der Waals surface area (Å²) < 4.78 is 0. The molecule has 2 aliphatic heterocycles. The van der Waals surface area contributed by atoms with Crippen LogP contribution >= 0.6 is 12.4 Å². The summed E-state index contributed by atoms with van der Waals surface area (Å²) in [5.74, 6) is 0.0983. The lowest BCUT2D eigenvalue weighted by molar-refractivity contribution is 0.0642. The summed E-state index contributed by atoms with van der Waals surface area (Å²) in [5.41, 5.74) is 1.54. The smallest absolute Gasteiger partial charge is 0.321 e. The summed E-state index contributed by atoms with van der Waals surface area (Å²) in [6.07, 6.45) is 2.98. The summed E-state index contributed by atoms with van der Waals surface area (Å²) in [6, 6.07) is 7.66. The second-order valence-electron chi connectivity index (χ2n) is 6.41. The van der Waals surface area contributed by atoms with E-state index in [0.29, 0.717) is 24.7 Å². The summed E-state index contributed by atoms with van der Waals surface area (Å²) >= 11 is 0. The highest BCUT2D eigenvalue weighted by Gasteiger charge is 2.26. The number of anilines is 1. The van der Waals surface area contributed by atoms with E-state index < -0.39 is 0 Å². The van der Waals surface area contributed by atoms with Crippen LogP contribution in [0.2, 0.25) is 0 Å². The molecular formula is C18H27ClN4O2. The number of carbonyl (C=O) groups is 2. The third-order valence-electron chi connectivity index (χ3n) is 4.76. The number of urea groups is 1. The highest BCUT2D eigenvalue weighted by molar-refractivity contribution is 5.97. The Balaban J connectivity index is 0.00000225. The molecule has 0 bridgehead atoms. The van der Waals surface area contributed by atoms with Crippen LogP contribution in [0.4, 0.5) is 10.5 Å². The van der Waals surface area contributed by atoms with Crippen LogP contribution in [0.1, 0.15) is 36.5 Å². The van der Waals surface area contributed by atoms with Gasteiger partial charge in [-0.15, -0.1) is 12.4 Å². The van der Waals surface area contributed by atoms with Gasteiger partial charge in [0.1, 0.15) is 0 Å². The Kier molecular flexibility index (Phi) is 7.08. The lowest BCUT2D eigenvalue weighted by Gasteiger charge is -2.34. The molecule has 1 aromatic carbocycles. The van der Waals surface area contributed by atoms with Gasteiger partial charge in [0.2, 0.25) is 0 Å². The van der Waals surface area contributed by atoms with Crippen molar-refractivity contribution in [2.24, 2.45) is 0 Å². The second-order valence-corrected chi connectivity index (χ2v) is 6.41. The first-order valence-electron chi connectivity index (χ1n) is 8.88. The molecule has 2 N–H and O–H groups in total. The third kappa shape index (κ3) is 4.44. The van der Waals surface area contributed by atoms with Gasteiger partial charge in [-0.3, -0.25) is 9.69 Å². The summed E-state index contributed by atoms with van der Waals surface area (Å²) in [4.78, 5) is 28.4. The summed E-state index contributed by atoms with van der Waals surface area (Å²) in [5, 5.41) is 6.14. The molecule has 3 rings (SSSR count). The zero-order chi connectivity index (χ0) is 16.9. The van der Waals surface area contributed by atoms with E-state index in [4.69, 9.17) is 0 Å². The minimum Gasteiger partial charge on any atom is -0.336 e. The molecule has 25 heavy (non-hydrogen) atoms. The van der Waals surface area contributed by atoms with Crippen molar-refractivity contribution >= 4 is 30.0 Å². The number of amides is 3. The van der Waals surface area contributed by atoms with Crippen LogP contribution in [0.5, 0.6) is 0 Å². The van der Waals surface area contributed by atoms with Gasteiger partial charge in [0.05, 0.1) is 0 Å². The molecule has 6 nitrogen and oxygen atoms in total. The van der Waals surface area contributed by atoms with Gasteiger partial charge < -0.3 is 15.5 Å². The van der Waals surface area contributed by atoms with Gasteiger partial charge in [-0.25, -0.2) is 4.79 Å². The number of hydrogen-bond acceptors (Lipinski definition) is 3. The van der Waals surface area contributed by atoms with Gasteiger partial charge in [-0.2, -0.15) is 0 Å². The fourth-order valence-corrected chi connectivity index (χ4v) is 3.48. The Bertz CT molecular complexity index is 587. The predicted molar refractivity (Wildman–Crippen MR) is 102 cm³/mol. The van der Waals surface area contributed by atoms with Gasteiger partial charge in [-0.05, 0) is 56.6 Å². The largest absolute Gasteiger partial charge is 0.336 e. The highest BCUT2D eigenvalue weighted by atomic mass is 35.5. The van der Waals surface area contributed by atoms with E-state index in [1.54, 1.807) is 4.90 Å². The predicted octanol–water partition coefficient (Wildman–Crippen LogP) is 2.24. The lowest BCUT2D eigenvalue weighted by atomic mass is 10.0. The average molecular weight is 367 g/mol. The summed E-state index contributed by atoms with van der Waals surface area (Å²) in [7, 11) is 0. The molecular weight excluding hydrogens is 340 g/mol. The van der Waals surface area contributed by atoms with Crippen molar-refractivity contribution in [3.8, 4) is 0 Å². The van der Waals surface area contributed by atoms with E-state index in [-0.39, 0.29) is 24.3 Å². The zero-order valence-corrected chi connectivity index (χ0v) is 15.5. The maximum atomic E-state index is 12.9. The van der Waals surface area contributed by atoms with Crippen LogP contribution in [0.25, 0.3) is 0 Å². The van der Waals surface area contributed by atoms with E-state index in [0.717, 1.165) is 44.6 Å². The number of nitrogens with zero attached hydrogens (tertiary/aromatic N) is 2. The number of hydrogen-bond donors (Lipinski definition) is 2. The Hall–Kier alpha value is -1.79. The molecule has 0 spiro atoms. The summed E-state index contributed by atoms with van der Waals surface area (Å²) in [6.45, 7) is 6.18. The Morgan fingerprint density at radius 2 is 1.88 bits per heavy atom. The van der Waals surface area contributed by atoms with Crippen LogP contribution in [0.15, 0.2) is 24.3 Å². The molecule has 7 heteroatoms. The number of nitrogens with one attached hydrogen (secondary N) is 2. The van der Waals surface area contributed by atoms with E-state index >= 15 is 0 Å². The molecule has 0 unspecified atom stereocenters. The van der Waals surface area contributed by atoms with Crippen LogP contribution < -0.4 is 15.5 Å². The molecule has 0 saturated carbocycles. The zero-order valence-electron chi connectivity index (χ0n) is 14.7. The maximum Gasteiger partial charge on any atom is 0.321 e. The van der Waals surface area contributed by atoms with Gasteiger partial charge in [0, 0.05) is 36.9 Å². The topological polar surface area (TPSA) is 64.7 Å². The average Bonchev–Trinajstić information content (AvgIpc) is 3.06. The Morgan fingerprint density at radius 1 is 1.20 bits per heavy atom. The van der Waals surface area contributed by atoms with Crippen LogP contribution in [0.3, 0.4) is 0 Å². The molecule has 0 radical (unpaired) electrons. The van der Waals surface area contributed by atoms with Crippen molar-refractivity contribution in [1.82, 2.24) is 15.5 Å². The number of carbonyl (C=O) groups excluding carboxylic acids is 2. The van der Waals surface area contributed by atoms with Gasteiger partial charge in [0.25, 0.3) is 5.91 Å². The van der Waals surface area contributed by atoms with Crippen molar-refractivity contribution in [3.63, 3.8) is 0 Å². The number of rotatable bonds is 5. The SMILES string of the molecule is CCCN(C(=O)c1ccc(N2CCNC2=O)cc1)C1CCNCC1.Cl. The molecule has 2 aliphatic rings. The second kappa shape index (κ2) is 9.06. The molecule has 0 aromatic heterocycles. The first-order chi connectivity index (χ1) is 11.7. The number of piperidine rings is 1. The fourth-order valence-electron chi connectivity index (χ4n) is 3.48. The van der Waals surface area contributed by atoms with E-state index in [2.05, 4.69) is 17.6 Å². The molecule has 2 fully saturated rings. The molecule has 0 aliphatic carbocycles. The highest BCUT2D eigenvalue weighted by Crippen LogP contribution is 2.20. The van der Waals surface area contributed by atoms with Crippen molar-refractivity contribution < 1.29 is 9.59 Å². The van der Waals surface area contributed by atoms with Crippen molar-refractivity contribution in [2.45, 2.75) is 32.2 Å². The monoisotopic (exact) mass is 366 g/mol. The van der Waals surface area contributed by atoms with E-state index in [9.17, 15) is 9.59 Å². The van der Waals surface area contributed by atoms with Gasteiger partial charge in [-0.1, -0.05) is 6.92 Å². The standard InChI is InChI=1S/C18H26N4O2.ClH/c1-2-12-21(16-7-9-19-10-8-16)17(23)14-3-5-15(6-4-14)22-13-11-20-18(22)24;/h3-6,16,19H,2,7-13H2,1H3,(H,20,24);1H. The first-order valence-corrected chi connectivity index (χ1v) is 8.88. The molecule has 138 valence electrons. The minimum atomic E-state index is -0.0728. The maximum absolute atomic E-state index is 12.9. The molecule has 3 amide bonds. The van der Waals surface area contributed by atoms with Gasteiger partial charge >= 0.3 is 6.03 Å². The van der Waals surface area contributed by atoms with Gasteiger partial charge in [0.15, 0.2) is 0 Å².